The molecule has 0 bridgehead atoms. The summed E-state index contributed by atoms with van der Waals surface area (Å²) in [6, 6.07) is 7.66. The average Bonchev–Trinajstić information content (AvgIpc) is 2.85. The van der Waals surface area contributed by atoms with Crippen LogP contribution in [0, 0.1) is 0 Å². The van der Waals surface area contributed by atoms with Crippen LogP contribution in [-0.4, -0.2) is 15.3 Å². The number of nitrogens with zero attached hydrogens (tertiary/aromatic N) is 2. The van der Waals surface area contributed by atoms with Gasteiger partial charge in [0.1, 0.15) is 0 Å². The summed E-state index contributed by atoms with van der Waals surface area (Å²) in [6.07, 6.45) is 7.06. The van der Waals surface area contributed by atoms with Gasteiger partial charge in [-0.1, -0.05) is 17.7 Å². The molecule has 1 aromatic heterocycles. The third kappa shape index (κ3) is 2.35. The van der Waals surface area contributed by atoms with Gasteiger partial charge in [0.25, 0.3) is 0 Å². The summed E-state index contributed by atoms with van der Waals surface area (Å²) in [6.45, 7) is 0. The summed E-state index contributed by atoms with van der Waals surface area (Å²) < 4.78 is 1.84. The molecule has 1 fully saturated rings. The second-order valence-electron chi connectivity index (χ2n) is 4.81. The normalized spacial score (nSPS) is 17.1. The minimum atomic E-state index is 0.0300. The maximum Gasteiger partial charge on any atom is 0.0660 e. The van der Waals surface area contributed by atoms with E-state index in [2.05, 4.69) is 5.10 Å². The van der Waals surface area contributed by atoms with Crippen LogP contribution in [0.2, 0.25) is 5.02 Å². The van der Waals surface area contributed by atoms with Crippen molar-refractivity contribution in [3.05, 3.63) is 47.2 Å². The van der Waals surface area contributed by atoms with Crippen LogP contribution >= 0.6 is 11.6 Å². The van der Waals surface area contributed by atoms with E-state index in [1.807, 2.05) is 41.3 Å². The van der Waals surface area contributed by atoms with Gasteiger partial charge >= 0.3 is 0 Å². The topological polar surface area (TPSA) is 43.8 Å². The van der Waals surface area contributed by atoms with Crippen LogP contribution in [0.3, 0.4) is 0 Å². The van der Waals surface area contributed by atoms with E-state index in [1.54, 1.807) is 0 Å². The summed E-state index contributed by atoms with van der Waals surface area (Å²) in [4.78, 5) is 0. The molecule has 88 valence electrons. The first-order valence-electron chi connectivity index (χ1n) is 5.73. The van der Waals surface area contributed by atoms with Crippen molar-refractivity contribution in [3.63, 3.8) is 0 Å². The smallest absolute Gasteiger partial charge is 0.0660 e. The second kappa shape index (κ2) is 3.86. The van der Waals surface area contributed by atoms with Crippen LogP contribution in [0.15, 0.2) is 36.7 Å². The van der Waals surface area contributed by atoms with Crippen molar-refractivity contribution in [2.24, 2.45) is 5.73 Å². The summed E-state index contributed by atoms with van der Waals surface area (Å²) in [7, 11) is 0. The first-order chi connectivity index (χ1) is 8.15. The molecule has 0 spiro atoms. The Hall–Kier alpha value is -1.32. The third-order valence-corrected chi connectivity index (χ3v) is 3.39. The summed E-state index contributed by atoms with van der Waals surface area (Å²) in [5, 5.41) is 5.06. The summed E-state index contributed by atoms with van der Waals surface area (Å²) in [5.74, 6) is 0. The van der Waals surface area contributed by atoms with Crippen LogP contribution in [-0.2, 0) is 6.42 Å². The van der Waals surface area contributed by atoms with E-state index in [0.29, 0.717) is 0 Å². The number of halogens is 1. The number of nitrogens with two attached hydrogens (primary N) is 1. The second-order valence-corrected chi connectivity index (χ2v) is 5.25. The average molecular weight is 248 g/mol. The lowest BCUT2D eigenvalue weighted by Crippen LogP contribution is -2.24. The van der Waals surface area contributed by atoms with E-state index in [-0.39, 0.29) is 5.54 Å². The van der Waals surface area contributed by atoms with Crippen molar-refractivity contribution < 1.29 is 0 Å². The van der Waals surface area contributed by atoms with Gasteiger partial charge in [0, 0.05) is 16.8 Å². The standard InChI is InChI=1S/C13H14ClN3/c14-11-2-1-3-12(6-11)17-9-10(8-16-17)7-13(15)4-5-13/h1-3,6,8-9H,4-5,7,15H2. The van der Waals surface area contributed by atoms with E-state index in [0.717, 1.165) is 30.0 Å². The van der Waals surface area contributed by atoms with E-state index in [1.165, 1.54) is 5.56 Å². The van der Waals surface area contributed by atoms with Crippen molar-refractivity contribution in [3.8, 4) is 5.69 Å². The fourth-order valence-corrected chi connectivity index (χ4v) is 2.14. The molecule has 1 aromatic carbocycles. The van der Waals surface area contributed by atoms with Crippen molar-refractivity contribution in [2.75, 3.05) is 0 Å². The Bertz CT molecular complexity index is 543. The van der Waals surface area contributed by atoms with E-state index in [9.17, 15) is 0 Å². The molecule has 1 heterocycles. The van der Waals surface area contributed by atoms with Gasteiger partial charge in [0.05, 0.1) is 11.9 Å². The van der Waals surface area contributed by atoms with Crippen LogP contribution in [0.5, 0.6) is 0 Å². The van der Waals surface area contributed by atoms with Crippen LogP contribution < -0.4 is 5.73 Å². The zero-order valence-corrected chi connectivity index (χ0v) is 10.2. The molecular weight excluding hydrogens is 234 g/mol. The largest absolute Gasteiger partial charge is 0.325 e. The first kappa shape index (κ1) is 10.8. The monoisotopic (exact) mass is 247 g/mol. The van der Waals surface area contributed by atoms with Gasteiger partial charge in [-0.25, -0.2) is 4.68 Å². The highest BCUT2D eigenvalue weighted by Gasteiger charge is 2.38. The lowest BCUT2D eigenvalue weighted by Gasteiger charge is -2.05. The molecule has 2 N–H and O–H groups in total. The SMILES string of the molecule is NC1(Cc2cnn(-c3cccc(Cl)c3)c2)CC1. The van der Waals surface area contributed by atoms with Gasteiger partial charge in [0.2, 0.25) is 0 Å². The highest BCUT2D eigenvalue weighted by atomic mass is 35.5. The van der Waals surface area contributed by atoms with Gasteiger partial charge in [-0.2, -0.15) is 5.10 Å². The summed E-state index contributed by atoms with van der Waals surface area (Å²) >= 11 is 5.96. The highest BCUT2D eigenvalue weighted by Crippen LogP contribution is 2.35. The molecule has 1 saturated carbocycles. The maximum absolute atomic E-state index is 6.09. The molecule has 3 nitrogen and oxygen atoms in total. The minimum absolute atomic E-state index is 0.0300. The Kier molecular flexibility index (Phi) is 2.45. The predicted molar refractivity (Wildman–Crippen MR) is 68.4 cm³/mol. The molecule has 0 radical (unpaired) electrons. The van der Waals surface area contributed by atoms with Crippen molar-refractivity contribution in [1.82, 2.24) is 9.78 Å². The molecule has 0 unspecified atom stereocenters. The van der Waals surface area contributed by atoms with Crippen LogP contribution in [0.4, 0.5) is 0 Å². The molecule has 17 heavy (non-hydrogen) atoms. The van der Waals surface area contributed by atoms with Gasteiger partial charge < -0.3 is 5.73 Å². The fraction of sp³-hybridized carbons (Fsp3) is 0.308. The quantitative estimate of drug-likeness (QED) is 0.906. The zero-order valence-electron chi connectivity index (χ0n) is 9.44. The minimum Gasteiger partial charge on any atom is -0.325 e. The molecular formula is C13H14ClN3. The first-order valence-corrected chi connectivity index (χ1v) is 6.11. The number of rotatable bonds is 3. The molecule has 0 saturated heterocycles. The number of hydrogen-bond donors (Lipinski definition) is 1. The van der Waals surface area contributed by atoms with Gasteiger partial charge in [-0.3, -0.25) is 0 Å². The molecule has 0 aliphatic heterocycles. The molecule has 3 rings (SSSR count). The van der Waals surface area contributed by atoms with E-state index >= 15 is 0 Å². The van der Waals surface area contributed by atoms with Crippen LogP contribution in [0.1, 0.15) is 18.4 Å². The molecule has 1 aliphatic carbocycles. The zero-order chi connectivity index (χ0) is 11.9. The van der Waals surface area contributed by atoms with Gasteiger partial charge in [0.15, 0.2) is 0 Å². The van der Waals surface area contributed by atoms with E-state index in [4.69, 9.17) is 17.3 Å². The Morgan fingerprint density at radius 2 is 2.24 bits per heavy atom. The third-order valence-electron chi connectivity index (χ3n) is 3.16. The number of hydrogen-bond acceptors (Lipinski definition) is 2. The molecule has 0 atom stereocenters. The molecule has 0 amide bonds. The number of benzene rings is 1. The Morgan fingerprint density at radius 3 is 2.94 bits per heavy atom. The lowest BCUT2D eigenvalue weighted by atomic mass is 10.1. The van der Waals surface area contributed by atoms with Gasteiger partial charge in [-0.05, 0) is 43.0 Å². The predicted octanol–water partition coefficient (Wildman–Crippen LogP) is 2.56. The van der Waals surface area contributed by atoms with Gasteiger partial charge in [-0.15, -0.1) is 0 Å². The molecule has 4 heteroatoms. The fourth-order valence-electron chi connectivity index (χ4n) is 1.96. The van der Waals surface area contributed by atoms with Crippen molar-refractivity contribution in [1.29, 1.82) is 0 Å². The van der Waals surface area contributed by atoms with Crippen molar-refractivity contribution >= 4 is 11.6 Å². The lowest BCUT2D eigenvalue weighted by molar-refractivity contribution is 0.672. The summed E-state index contributed by atoms with van der Waals surface area (Å²) in [5.41, 5.74) is 8.29. The number of aromatic nitrogens is 2. The molecule has 2 aromatic rings. The van der Waals surface area contributed by atoms with Crippen molar-refractivity contribution in [2.45, 2.75) is 24.8 Å². The Balaban J connectivity index is 1.84. The van der Waals surface area contributed by atoms with E-state index < -0.39 is 0 Å². The Morgan fingerprint density at radius 1 is 1.41 bits per heavy atom. The maximum atomic E-state index is 6.09. The Labute approximate surface area is 105 Å². The van der Waals surface area contributed by atoms with Crippen LogP contribution in [0.25, 0.3) is 5.69 Å². The highest BCUT2D eigenvalue weighted by molar-refractivity contribution is 6.30. The molecule has 1 aliphatic rings.